The number of nitrogens with one attached hydrogen (secondary N) is 2. The molecule has 4 heterocycles. The van der Waals surface area contributed by atoms with Crippen LogP contribution in [0.4, 0.5) is 11.5 Å². The minimum Gasteiger partial charge on any atom is -0.343 e. The summed E-state index contributed by atoms with van der Waals surface area (Å²) in [6.07, 6.45) is 4.56. The second-order valence-corrected chi connectivity index (χ2v) is 7.98. The third-order valence-electron chi connectivity index (χ3n) is 5.99. The third-order valence-corrected chi connectivity index (χ3v) is 5.99. The van der Waals surface area contributed by atoms with Gasteiger partial charge >= 0.3 is 0 Å². The molecule has 0 amide bonds. The summed E-state index contributed by atoms with van der Waals surface area (Å²) in [6, 6.07) is 17.0. The topological polar surface area (TPSA) is 69.2 Å². The number of H-pyrrole nitrogens is 1. The predicted octanol–water partition coefficient (Wildman–Crippen LogP) is 4.19. The van der Waals surface area contributed by atoms with Crippen LogP contribution < -0.4 is 5.32 Å². The fraction of sp³-hybridized carbons (Fsp3) is 0.208. The van der Waals surface area contributed by atoms with Gasteiger partial charge in [-0.3, -0.25) is 9.89 Å². The van der Waals surface area contributed by atoms with E-state index in [1.165, 1.54) is 27.9 Å². The highest BCUT2D eigenvalue weighted by molar-refractivity contribution is 5.94. The van der Waals surface area contributed by atoms with Gasteiger partial charge in [0.2, 0.25) is 0 Å². The Bertz CT molecular complexity index is 1260. The van der Waals surface area contributed by atoms with Crippen molar-refractivity contribution >= 4 is 28.8 Å². The van der Waals surface area contributed by atoms with Crippen molar-refractivity contribution in [3.8, 4) is 0 Å². The molecule has 6 rings (SSSR count). The van der Waals surface area contributed by atoms with Crippen LogP contribution in [0.2, 0.25) is 0 Å². The molecule has 4 aromatic rings. The quantitative estimate of drug-likeness (QED) is 0.545. The van der Waals surface area contributed by atoms with Gasteiger partial charge in [-0.2, -0.15) is 0 Å². The Morgan fingerprint density at radius 2 is 2.00 bits per heavy atom. The van der Waals surface area contributed by atoms with E-state index in [-0.39, 0.29) is 0 Å². The Morgan fingerprint density at radius 1 is 1.07 bits per heavy atom. The van der Waals surface area contributed by atoms with E-state index in [1.807, 2.05) is 6.21 Å². The Labute approximate surface area is 174 Å². The van der Waals surface area contributed by atoms with Crippen LogP contribution in [0.5, 0.6) is 0 Å². The van der Waals surface area contributed by atoms with E-state index in [2.05, 4.69) is 78.7 Å². The van der Waals surface area contributed by atoms with Crippen LogP contribution in [-0.2, 0) is 26.1 Å². The van der Waals surface area contributed by atoms with Gasteiger partial charge in [0.15, 0.2) is 0 Å². The standard InChI is InChI=1S/C24H22N6/c1-2-4-16(5-3-1)13-30-9-8-21-20(14-30)22-23(26-15-27-24(22)29-21)28-19-7-6-17-11-25-12-18(17)10-19/h1-7,10,12,15H,8-9,11,13-14H2,(H2,26,27,28,29). The van der Waals surface area contributed by atoms with Gasteiger partial charge in [-0.25, -0.2) is 9.97 Å². The van der Waals surface area contributed by atoms with E-state index in [9.17, 15) is 0 Å². The lowest BCUT2D eigenvalue weighted by Crippen LogP contribution is -2.29. The maximum absolute atomic E-state index is 4.59. The smallest absolute Gasteiger partial charge is 0.143 e. The second kappa shape index (κ2) is 7.07. The van der Waals surface area contributed by atoms with Crippen molar-refractivity contribution < 1.29 is 0 Å². The second-order valence-electron chi connectivity index (χ2n) is 7.98. The first kappa shape index (κ1) is 17.4. The van der Waals surface area contributed by atoms with Gasteiger partial charge in [-0.1, -0.05) is 36.4 Å². The Morgan fingerprint density at radius 3 is 2.93 bits per heavy atom. The summed E-state index contributed by atoms with van der Waals surface area (Å²) >= 11 is 0. The fourth-order valence-electron chi connectivity index (χ4n) is 4.48. The van der Waals surface area contributed by atoms with E-state index in [4.69, 9.17) is 0 Å². The number of aromatic amines is 1. The number of benzene rings is 2. The number of aromatic nitrogens is 3. The van der Waals surface area contributed by atoms with Gasteiger partial charge in [0.25, 0.3) is 0 Å². The zero-order valence-corrected chi connectivity index (χ0v) is 16.6. The summed E-state index contributed by atoms with van der Waals surface area (Å²) in [5, 5.41) is 4.62. The molecule has 2 aromatic heterocycles. The predicted molar refractivity (Wildman–Crippen MR) is 119 cm³/mol. The maximum atomic E-state index is 4.59. The lowest BCUT2D eigenvalue weighted by molar-refractivity contribution is 0.246. The van der Waals surface area contributed by atoms with Crippen molar-refractivity contribution in [2.75, 3.05) is 11.9 Å². The first-order valence-electron chi connectivity index (χ1n) is 10.3. The van der Waals surface area contributed by atoms with Crippen LogP contribution in [0.25, 0.3) is 11.0 Å². The molecule has 30 heavy (non-hydrogen) atoms. The maximum Gasteiger partial charge on any atom is 0.143 e. The molecule has 0 radical (unpaired) electrons. The molecule has 0 aliphatic carbocycles. The summed E-state index contributed by atoms with van der Waals surface area (Å²) in [5.41, 5.74) is 8.29. The molecule has 2 aromatic carbocycles. The average Bonchev–Trinajstić information content (AvgIpc) is 3.39. The molecule has 0 fully saturated rings. The molecule has 6 heteroatoms. The number of aliphatic imine (C=N–C) groups is 1. The molecule has 0 atom stereocenters. The van der Waals surface area contributed by atoms with E-state index < -0.39 is 0 Å². The molecular formula is C24H22N6. The van der Waals surface area contributed by atoms with Crippen LogP contribution in [0, 0.1) is 0 Å². The van der Waals surface area contributed by atoms with Crippen molar-refractivity contribution in [2.45, 2.75) is 26.1 Å². The van der Waals surface area contributed by atoms with Crippen molar-refractivity contribution in [1.29, 1.82) is 0 Å². The summed E-state index contributed by atoms with van der Waals surface area (Å²) in [6.45, 7) is 3.65. The minimum atomic E-state index is 0.774. The number of hydrogen-bond donors (Lipinski definition) is 2. The molecule has 148 valence electrons. The zero-order chi connectivity index (χ0) is 19.9. The lowest BCUT2D eigenvalue weighted by Gasteiger charge is -2.27. The molecule has 0 spiro atoms. The monoisotopic (exact) mass is 394 g/mol. The molecule has 2 aliphatic heterocycles. The molecule has 6 nitrogen and oxygen atoms in total. The lowest BCUT2D eigenvalue weighted by atomic mass is 10.0. The Hall–Kier alpha value is -3.51. The number of nitrogens with zero attached hydrogens (tertiary/aromatic N) is 4. The molecule has 2 N–H and O–H groups in total. The SMILES string of the molecule is C1=NCc2ccc(Nc3ncnc4[nH]c5c(c34)CN(Cc3ccccc3)CC5)cc21. The van der Waals surface area contributed by atoms with Gasteiger partial charge in [-0.05, 0) is 28.8 Å². The first-order chi connectivity index (χ1) is 14.8. The van der Waals surface area contributed by atoms with Gasteiger partial charge in [-0.15, -0.1) is 0 Å². The van der Waals surface area contributed by atoms with E-state index >= 15 is 0 Å². The van der Waals surface area contributed by atoms with Crippen LogP contribution in [-0.4, -0.2) is 32.6 Å². The first-order valence-corrected chi connectivity index (χ1v) is 10.3. The molecule has 0 bridgehead atoms. The van der Waals surface area contributed by atoms with Gasteiger partial charge < -0.3 is 10.3 Å². The molecule has 2 aliphatic rings. The van der Waals surface area contributed by atoms with Gasteiger partial charge in [0.1, 0.15) is 17.8 Å². The Balaban J connectivity index is 1.33. The van der Waals surface area contributed by atoms with Crippen molar-refractivity contribution in [3.05, 3.63) is 82.8 Å². The normalized spacial score (nSPS) is 15.3. The number of anilines is 2. The number of hydrogen-bond acceptors (Lipinski definition) is 5. The largest absolute Gasteiger partial charge is 0.343 e. The molecular weight excluding hydrogens is 372 g/mol. The van der Waals surface area contributed by atoms with Crippen LogP contribution >= 0.6 is 0 Å². The van der Waals surface area contributed by atoms with Crippen molar-refractivity contribution in [2.24, 2.45) is 4.99 Å². The number of rotatable bonds is 4. The van der Waals surface area contributed by atoms with Gasteiger partial charge in [0, 0.05) is 49.2 Å². The molecule has 0 unspecified atom stereocenters. The highest BCUT2D eigenvalue weighted by atomic mass is 15.1. The van der Waals surface area contributed by atoms with E-state index in [0.29, 0.717) is 0 Å². The van der Waals surface area contributed by atoms with Crippen LogP contribution in [0.1, 0.15) is 27.9 Å². The minimum absolute atomic E-state index is 0.774. The molecule has 0 saturated heterocycles. The van der Waals surface area contributed by atoms with Gasteiger partial charge in [0.05, 0.1) is 11.9 Å². The van der Waals surface area contributed by atoms with E-state index in [1.54, 1.807) is 6.33 Å². The third kappa shape index (κ3) is 3.06. The van der Waals surface area contributed by atoms with Crippen molar-refractivity contribution in [1.82, 2.24) is 19.9 Å². The average molecular weight is 394 g/mol. The highest BCUT2D eigenvalue weighted by Crippen LogP contribution is 2.33. The Kier molecular flexibility index (Phi) is 4.09. The summed E-state index contributed by atoms with van der Waals surface area (Å²) in [5.74, 6) is 0.856. The zero-order valence-electron chi connectivity index (χ0n) is 16.6. The van der Waals surface area contributed by atoms with E-state index in [0.717, 1.165) is 55.1 Å². The van der Waals surface area contributed by atoms with Crippen molar-refractivity contribution in [3.63, 3.8) is 0 Å². The number of fused-ring (bicyclic) bond motifs is 4. The van der Waals surface area contributed by atoms with Crippen LogP contribution in [0.3, 0.4) is 0 Å². The summed E-state index contributed by atoms with van der Waals surface area (Å²) in [7, 11) is 0. The highest BCUT2D eigenvalue weighted by Gasteiger charge is 2.23. The molecule has 0 saturated carbocycles. The summed E-state index contributed by atoms with van der Waals surface area (Å²) in [4.78, 5) is 19.5. The van der Waals surface area contributed by atoms with Crippen LogP contribution in [0.15, 0.2) is 59.9 Å². The summed E-state index contributed by atoms with van der Waals surface area (Å²) < 4.78 is 0. The fourth-order valence-corrected chi connectivity index (χ4v) is 4.48.